The molecule has 2 aromatic heterocycles. The maximum atomic E-state index is 13.5. The van der Waals surface area contributed by atoms with Crippen LogP contribution in [0.4, 0.5) is 0 Å². The predicted molar refractivity (Wildman–Crippen MR) is 127 cm³/mol. The third kappa shape index (κ3) is 3.94. The number of halogens is 1. The van der Waals surface area contributed by atoms with E-state index < -0.39 is 12.0 Å². The molecule has 4 rings (SSSR count). The molecule has 1 N–H and O–H groups in total. The summed E-state index contributed by atoms with van der Waals surface area (Å²) in [6, 6.07) is 6.51. The number of hydrogen-bond donors (Lipinski definition) is 1. The van der Waals surface area contributed by atoms with E-state index in [2.05, 4.69) is 20.9 Å². The van der Waals surface area contributed by atoms with E-state index in [0.29, 0.717) is 30.6 Å². The van der Waals surface area contributed by atoms with Crippen molar-refractivity contribution < 1.29 is 19.4 Å². The fourth-order valence-electron chi connectivity index (χ4n) is 3.49. The second-order valence-corrected chi connectivity index (χ2v) is 9.71. The van der Waals surface area contributed by atoms with Gasteiger partial charge in [-0.05, 0) is 65.0 Å². The van der Waals surface area contributed by atoms with Gasteiger partial charge in [-0.2, -0.15) is 0 Å². The van der Waals surface area contributed by atoms with Crippen LogP contribution in [0, 0.1) is 0 Å². The number of rotatable bonds is 5. The number of aromatic hydroxyl groups is 1. The molecule has 1 aliphatic rings. The Hall–Kier alpha value is -2.69. The van der Waals surface area contributed by atoms with E-state index in [1.54, 1.807) is 36.6 Å². The summed E-state index contributed by atoms with van der Waals surface area (Å²) < 4.78 is 12.9. The Morgan fingerprint density at radius 2 is 2.19 bits per heavy atom. The van der Waals surface area contributed by atoms with Crippen LogP contribution in [0.5, 0.6) is 11.5 Å². The minimum atomic E-state index is -0.603. The lowest BCUT2D eigenvalue weighted by Crippen LogP contribution is -2.39. The molecule has 0 saturated heterocycles. The number of fused-ring (bicyclic) bond motifs is 1. The molecule has 0 radical (unpaired) electrons. The summed E-state index contributed by atoms with van der Waals surface area (Å²) in [5, 5.41) is 12.0. The molecule has 0 bridgehead atoms. The lowest BCUT2D eigenvalue weighted by molar-refractivity contribution is -0.139. The molecular weight excluding hydrogens is 516 g/mol. The van der Waals surface area contributed by atoms with E-state index >= 15 is 0 Å². The Morgan fingerprint density at radius 1 is 1.41 bits per heavy atom. The van der Waals surface area contributed by atoms with Crippen LogP contribution in [0.25, 0.3) is 6.08 Å². The topological polar surface area (TPSA) is 90.1 Å². The predicted octanol–water partition coefficient (Wildman–Crippen LogP) is 3.34. The van der Waals surface area contributed by atoms with Gasteiger partial charge in [0.2, 0.25) is 0 Å². The van der Waals surface area contributed by atoms with E-state index in [1.807, 2.05) is 17.5 Å². The SMILES string of the molecule is CCOC(=O)C1=C(C)N=c2s/c(=C/c3cc(Br)c(O)c(OC)c3)c(=O)n2[C@H]1c1cccs1. The maximum absolute atomic E-state index is 13.5. The fourth-order valence-corrected chi connectivity index (χ4v) is 5.82. The summed E-state index contributed by atoms with van der Waals surface area (Å²) in [7, 11) is 1.46. The van der Waals surface area contributed by atoms with E-state index in [4.69, 9.17) is 9.47 Å². The Kier molecular flexibility index (Phi) is 6.36. The first-order chi connectivity index (χ1) is 15.3. The summed E-state index contributed by atoms with van der Waals surface area (Å²) in [6.45, 7) is 3.73. The highest BCUT2D eigenvalue weighted by atomic mass is 79.9. The van der Waals surface area contributed by atoms with Crippen molar-refractivity contribution in [3.05, 3.63) is 75.5 Å². The summed E-state index contributed by atoms with van der Waals surface area (Å²) in [4.78, 5) is 32.2. The average molecular weight is 535 g/mol. The van der Waals surface area contributed by atoms with Gasteiger partial charge in [-0.1, -0.05) is 17.4 Å². The first-order valence-corrected chi connectivity index (χ1v) is 12.1. The van der Waals surface area contributed by atoms with Gasteiger partial charge in [0.25, 0.3) is 5.56 Å². The fraction of sp³-hybridized carbons (Fsp3) is 0.227. The van der Waals surface area contributed by atoms with Gasteiger partial charge in [-0.25, -0.2) is 9.79 Å². The Bertz CT molecular complexity index is 1400. The highest BCUT2D eigenvalue weighted by molar-refractivity contribution is 9.10. The number of benzene rings is 1. The smallest absolute Gasteiger partial charge is 0.338 e. The second kappa shape index (κ2) is 9.05. The third-order valence-corrected chi connectivity index (χ3v) is 7.41. The molecule has 0 spiro atoms. The van der Waals surface area contributed by atoms with Crippen LogP contribution >= 0.6 is 38.6 Å². The largest absolute Gasteiger partial charge is 0.503 e. The van der Waals surface area contributed by atoms with Gasteiger partial charge >= 0.3 is 5.97 Å². The zero-order chi connectivity index (χ0) is 23.0. The molecule has 1 aliphatic heterocycles. The van der Waals surface area contributed by atoms with E-state index in [-0.39, 0.29) is 23.7 Å². The van der Waals surface area contributed by atoms with E-state index in [9.17, 15) is 14.7 Å². The summed E-state index contributed by atoms with van der Waals surface area (Å²) >= 11 is 6.01. The number of esters is 1. The molecule has 0 aliphatic carbocycles. The van der Waals surface area contributed by atoms with E-state index in [1.165, 1.54) is 29.8 Å². The van der Waals surface area contributed by atoms with Gasteiger partial charge in [0, 0.05) is 4.88 Å². The Labute approximate surface area is 199 Å². The molecule has 10 heteroatoms. The summed E-state index contributed by atoms with van der Waals surface area (Å²) in [6.07, 6.45) is 1.71. The minimum absolute atomic E-state index is 0.0153. The standard InChI is InChI=1S/C22H19BrN2O5S2/c1-4-30-21(28)17-11(2)24-22-25(18(17)15-6-5-7-31-15)20(27)16(32-22)10-12-8-13(23)19(26)14(9-12)29-3/h5-10,18,26H,4H2,1-3H3/b16-10+/t18-/m0/s1. The van der Waals surface area contributed by atoms with Crippen molar-refractivity contribution >= 4 is 50.6 Å². The van der Waals surface area contributed by atoms with Gasteiger partial charge in [0.05, 0.1) is 34.0 Å². The van der Waals surface area contributed by atoms with Crippen molar-refractivity contribution in [3.63, 3.8) is 0 Å². The minimum Gasteiger partial charge on any atom is -0.503 e. The Morgan fingerprint density at radius 3 is 2.84 bits per heavy atom. The monoisotopic (exact) mass is 534 g/mol. The number of phenolic OH excluding ortho intramolecular Hbond substituents is 1. The number of nitrogens with zero attached hydrogens (tertiary/aromatic N) is 2. The summed E-state index contributed by atoms with van der Waals surface area (Å²) in [5.74, 6) is -0.206. The number of thiophene rings is 1. The van der Waals surface area contributed by atoms with Crippen LogP contribution < -0.4 is 19.6 Å². The first kappa shape index (κ1) is 22.5. The lowest BCUT2D eigenvalue weighted by atomic mass is 10.0. The molecule has 32 heavy (non-hydrogen) atoms. The molecule has 3 heterocycles. The number of ether oxygens (including phenoxy) is 2. The van der Waals surface area contributed by atoms with E-state index in [0.717, 1.165) is 4.88 Å². The highest BCUT2D eigenvalue weighted by Gasteiger charge is 2.33. The van der Waals surface area contributed by atoms with Crippen molar-refractivity contribution in [3.8, 4) is 11.5 Å². The van der Waals surface area contributed by atoms with Gasteiger partial charge < -0.3 is 14.6 Å². The Balaban J connectivity index is 1.93. The number of thiazole rings is 1. The third-order valence-electron chi connectivity index (χ3n) is 4.90. The van der Waals surface area contributed by atoms with Crippen LogP contribution in [0.15, 0.2) is 55.2 Å². The maximum Gasteiger partial charge on any atom is 0.338 e. The molecule has 0 saturated carbocycles. The summed E-state index contributed by atoms with van der Waals surface area (Å²) in [5.41, 5.74) is 1.31. The number of hydrogen-bond acceptors (Lipinski definition) is 8. The van der Waals surface area contributed by atoms with Crippen LogP contribution in [0.2, 0.25) is 0 Å². The van der Waals surface area contributed by atoms with Crippen molar-refractivity contribution in [1.29, 1.82) is 0 Å². The molecule has 1 atom stereocenters. The molecule has 0 amide bonds. The zero-order valence-electron chi connectivity index (χ0n) is 17.4. The van der Waals surface area contributed by atoms with Gasteiger partial charge in [-0.15, -0.1) is 11.3 Å². The van der Waals surface area contributed by atoms with Gasteiger partial charge in [-0.3, -0.25) is 9.36 Å². The van der Waals surface area contributed by atoms with Crippen molar-refractivity contribution in [2.75, 3.05) is 13.7 Å². The van der Waals surface area contributed by atoms with Crippen LogP contribution in [-0.2, 0) is 9.53 Å². The molecule has 0 unspecified atom stereocenters. The van der Waals surface area contributed by atoms with Gasteiger partial charge in [0.1, 0.15) is 6.04 Å². The van der Waals surface area contributed by atoms with Crippen molar-refractivity contribution in [2.24, 2.45) is 4.99 Å². The molecule has 0 fully saturated rings. The number of methoxy groups -OCH3 is 1. The average Bonchev–Trinajstić information content (AvgIpc) is 3.38. The molecule has 7 nitrogen and oxygen atoms in total. The zero-order valence-corrected chi connectivity index (χ0v) is 20.6. The molecular formula is C22H19BrN2O5S2. The molecule has 3 aromatic rings. The number of aromatic nitrogens is 1. The number of carbonyl (C=O) groups excluding carboxylic acids is 1. The normalized spacial score (nSPS) is 16.0. The van der Waals surface area contributed by atoms with Crippen LogP contribution in [0.3, 0.4) is 0 Å². The molecule has 1 aromatic carbocycles. The first-order valence-electron chi connectivity index (χ1n) is 9.65. The van der Waals surface area contributed by atoms with Crippen molar-refractivity contribution in [1.82, 2.24) is 4.57 Å². The quantitative estimate of drug-likeness (QED) is 0.507. The number of carbonyl (C=O) groups is 1. The van der Waals surface area contributed by atoms with Gasteiger partial charge in [0.15, 0.2) is 16.3 Å². The van der Waals surface area contributed by atoms with Crippen molar-refractivity contribution in [2.45, 2.75) is 19.9 Å². The second-order valence-electron chi connectivity index (χ2n) is 6.87. The number of allylic oxidation sites excluding steroid dienone is 1. The number of phenols is 1. The van der Waals surface area contributed by atoms with Crippen LogP contribution in [-0.4, -0.2) is 29.4 Å². The highest BCUT2D eigenvalue weighted by Crippen LogP contribution is 2.36. The molecule has 166 valence electrons. The lowest BCUT2D eigenvalue weighted by Gasteiger charge is -2.23. The van der Waals surface area contributed by atoms with Crippen LogP contribution in [0.1, 0.15) is 30.3 Å².